The third kappa shape index (κ3) is 1.85. The number of rotatable bonds is 0. The zero-order chi connectivity index (χ0) is 9.69. The smallest absolute Gasteiger partial charge is 0.380 e. The van der Waals surface area contributed by atoms with Crippen LogP contribution in [0.25, 0.3) is 0 Å². The van der Waals surface area contributed by atoms with Gasteiger partial charge in [-0.2, -0.15) is 13.2 Å². The zero-order valence-electron chi connectivity index (χ0n) is 7.47. The highest BCUT2D eigenvalue weighted by molar-refractivity contribution is 5.85. The Bertz CT molecular complexity index is 209. The number of aliphatic hydroxyl groups is 1. The van der Waals surface area contributed by atoms with Crippen LogP contribution in [0.4, 0.5) is 13.2 Å². The normalized spacial score (nSPS) is 42.0. The molecule has 2 aliphatic heterocycles. The third-order valence-electron chi connectivity index (χ3n) is 3.03. The molecule has 2 bridgehead atoms. The summed E-state index contributed by atoms with van der Waals surface area (Å²) in [5.41, 5.74) is -2.44. The molecule has 14 heavy (non-hydrogen) atoms. The van der Waals surface area contributed by atoms with Crippen LogP contribution in [0.15, 0.2) is 0 Å². The minimum absolute atomic E-state index is 0. The first-order chi connectivity index (χ1) is 5.91. The monoisotopic (exact) mass is 231 g/mol. The molecule has 2 rings (SSSR count). The van der Waals surface area contributed by atoms with E-state index in [0.29, 0.717) is 0 Å². The molecular formula is C8H13ClF3NO. The van der Waals surface area contributed by atoms with E-state index < -0.39 is 11.8 Å². The lowest BCUT2D eigenvalue weighted by atomic mass is 9.87. The summed E-state index contributed by atoms with van der Waals surface area (Å²) in [6.07, 6.45) is -3.35. The van der Waals surface area contributed by atoms with Crippen molar-refractivity contribution in [2.45, 2.75) is 49.5 Å². The SMILES string of the molecule is Cl.OC1(C(F)(F)F)CC2CCC(C1)N2. The van der Waals surface area contributed by atoms with Crippen LogP contribution < -0.4 is 5.32 Å². The van der Waals surface area contributed by atoms with Crippen molar-refractivity contribution < 1.29 is 18.3 Å². The van der Waals surface area contributed by atoms with Crippen LogP contribution >= 0.6 is 12.4 Å². The maximum atomic E-state index is 12.4. The fourth-order valence-corrected chi connectivity index (χ4v) is 2.35. The molecule has 2 unspecified atom stereocenters. The summed E-state index contributed by atoms with van der Waals surface area (Å²) in [7, 11) is 0. The van der Waals surface area contributed by atoms with Gasteiger partial charge in [-0.15, -0.1) is 12.4 Å². The maximum Gasteiger partial charge on any atom is 0.417 e. The van der Waals surface area contributed by atoms with Gasteiger partial charge in [0.15, 0.2) is 5.60 Å². The number of hydrogen-bond donors (Lipinski definition) is 2. The van der Waals surface area contributed by atoms with Gasteiger partial charge in [-0.05, 0) is 12.8 Å². The van der Waals surface area contributed by atoms with Crippen LogP contribution in [0, 0.1) is 0 Å². The average molecular weight is 232 g/mol. The van der Waals surface area contributed by atoms with Crippen LogP contribution in [0.5, 0.6) is 0 Å². The first kappa shape index (κ1) is 12.1. The number of alkyl halides is 3. The minimum atomic E-state index is -4.48. The number of piperidine rings is 1. The first-order valence-electron chi connectivity index (χ1n) is 4.46. The fourth-order valence-electron chi connectivity index (χ4n) is 2.35. The molecule has 2 saturated heterocycles. The summed E-state index contributed by atoms with van der Waals surface area (Å²) >= 11 is 0. The summed E-state index contributed by atoms with van der Waals surface area (Å²) < 4.78 is 37.3. The molecule has 2 aliphatic rings. The Morgan fingerprint density at radius 3 is 1.93 bits per heavy atom. The molecule has 0 saturated carbocycles. The maximum absolute atomic E-state index is 12.4. The highest BCUT2D eigenvalue weighted by Gasteiger charge is 2.58. The number of nitrogens with one attached hydrogen (secondary N) is 1. The number of halogens is 4. The molecule has 0 spiro atoms. The largest absolute Gasteiger partial charge is 0.417 e. The number of hydrogen-bond acceptors (Lipinski definition) is 2. The topological polar surface area (TPSA) is 32.3 Å². The van der Waals surface area contributed by atoms with Crippen molar-refractivity contribution in [3.8, 4) is 0 Å². The second-order valence-electron chi connectivity index (χ2n) is 4.08. The fraction of sp³-hybridized carbons (Fsp3) is 1.00. The van der Waals surface area contributed by atoms with E-state index in [2.05, 4.69) is 5.32 Å². The Morgan fingerprint density at radius 2 is 1.57 bits per heavy atom. The van der Waals surface area contributed by atoms with Crippen molar-refractivity contribution in [1.29, 1.82) is 0 Å². The van der Waals surface area contributed by atoms with Gasteiger partial charge in [-0.1, -0.05) is 0 Å². The third-order valence-corrected chi connectivity index (χ3v) is 3.03. The molecule has 0 radical (unpaired) electrons. The summed E-state index contributed by atoms with van der Waals surface area (Å²) in [6.45, 7) is 0. The summed E-state index contributed by atoms with van der Waals surface area (Å²) in [5, 5.41) is 12.5. The van der Waals surface area contributed by atoms with E-state index in [0.717, 1.165) is 12.8 Å². The van der Waals surface area contributed by atoms with E-state index in [1.807, 2.05) is 0 Å². The Hall–Kier alpha value is -0.0000000000000000486. The van der Waals surface area contributed by atoms with Crippen molar-refractivity contribution in [3.05, 3.63) is 0 Å². The quantitative estimate of drug-likeness (QED) is 0.664. The second-order valence-corrected chi connectivity index (χ2v) is 4.08. The van der Waals surface area contributed by atoms with E-state index in [-0.39, 0.29) is 37.3 Å². The standard InChI is InChI=1S/C8H12F3NO.ClH/c9-8(10,11)7(13)3-5-1-2-6(4-7)12-5;/h5-6,12-13H,1-4H2;1H. The van der Waals surface area contributed by atoms with Crippen molar-refractivity contribution in [3.63, 3.8) is 0 Å². The molecule has 2 fully saturated rings. The van der Waals surface area contributed by atoms with Crippen molar-refractivity contribution >= 4 is 12.4 Å². The number of fused-ring (bicyclic) bond motifs is 2. The Labute approximate surface area is 86.3 Å². The van der Waals surface area contributed by atoms with Crippen LogP contribution in [0.2, 0.25) is 0 Å². The van der Waals surface area contributed by atoms with Gasteiger partial charge in [0.25, 0.3) is 0 Å². The van der Waals surface area contributed by atoms with Gasteiger partial charge in [0.1, 0.15) is 0 Å². The Kier molecular flexibility index (Phi) is 3.05. The van der Waals surface area contributed by atoms with Gasteiger partial charge >= 0.3 is 6.18 Å². The molecule has 0 aromatic rings. The molecule has 2 heterocycles. The molecule has 0 amide bonds. The van der Waals surface area contributed by atoms with E-state index in [1.54, 1.807) is 0 Å². The van der Waals surface area contributed by atoms with Gasteiger partial charge in [0.2, 0.25) is 0 Å². The average Bonchev–Trinajstić information content (AvgIpc) is 2.28. The molecule has 0 aliphatic carbocycles. The van der Waals surface area contributed by atoms with E-state index in [9.17, 15) is 18.3 Å². The van der Waals surface area contributed by atoms with E-state index >= 15 is 0 Å². The predicted molar refractivity (Wildman–Crippen MR) is 47.4 cm³/mol. The van der Waals surface area contributed by atoms with E-state index in [1.165, 1.54) is 0 Å². The highest BCUT2D eigenvalue weighted by atomic mass is 35.5. The van der Waals surface area contributed by atoms with Gasteiger partial charge in [-0.25, -0.2) is 0 Å². The molecule has 2 atom stereocenters. The highest BCUT2D eigenvalue weighted by Crippen LogP contribution is 2.43. The van der Waals surface area contributed by atoms with Gasteiger partial charge < -0.3 is 10.4 Å². The van der Waals surface area contributed by atoms with Crippen LogP contribution in [-0.2, 0) is 0 Å². The summed E-state index contributed by atoms with van der Waals surface area (Å²) in [6, 6.07) is -0.296. The van der Waals surface area contributed by atoms with Gasteiger partial charge in [0.05, 0.1) is 0 Å². The van der Waals surface area contributed by atoms with Crippen molar-refractivity contribution in [1.82, 2.24) is 5.32 Å². The molecule has 84 valence electrons. The molecular weight excluding hydrogens is 219 g/mol. The first-order valence-corrected chi connectivity index (χ1v) is 4.46. The molecule has 2 nitrogen and oxygen atoms in total. The van der Waals surface area contributed by atoms with Gasteiger partial charge in [-0.3, -0.25) is 0 Å². The molecule has 0 aromatic carbocycles. The van der Waals surface area contributed by atoms with Crippen LogP contribution in [0.3, 0.4) is 0 Å². The van der Waals surface area contributed by atoms with Crippen LogP contribution in [0.1, 0.15) is 25.7 Å². The second kappa shape index (κ2) is 3.54. The predicted octanol–water partition coefficient (Wildman–Crippen LogP) is 1.62. The van der Waals surface area contributed by atoms with Gasteiger partial charge in [0, 0.05) is 24.9 Å². The Balaban J connectivity index is 0.000000980. The van der Waals surface area contributed by atoms with Crippen molar-refractivity contribution in [2.24, 2.45) is 0 Å². The molecule has 2 N–H and O–H groups in total. The Morgan fingerprint density at radius 1 is 1.14 bits per heavy atom. The summed E-state index contributed by atoms with van der Waals surface area (Å²) in [5.74, 6) is 0. The van der Waals surface area contributed by atoms with Crippen LogP contribution in [-0.4, -0.2) is 29.0 Å². The zero-order valence-corrected chi connectivity index (χ0v) is 8.29. The van der Waals surface area contributed by atoms with E-state index in [4.69, 9.17) is 0 Å². The van der Waals surface area contributed by atoms with Crippen molar-refractivity contribution in [2.75, 3.05) is 0 Å². The molecule has 6 heteroatoms. The summed E-state index contributed by atoms with van der Waals surface area (Å²) in [4.78, 5) is 0. The lowest BCUT2D eigenvalue weighted by Crippen LogP contribution is -2.56. The lowest BCUT2D eigenvalue weighted by molar-refractivity contribution is -0.271. The molecule has 0 aromatic heterocycles. The minimum Gasteiger partial charge on any atom is -0.380 e. The lowest BCUT2D eigenvalue weighted by Gasteiger charge is -2.38.